The van der Waals surface area contributed by atoms with Crippen LogP contribution >= 0.6 is 0 Å². The lowest BCUT2D eigenvalue weighted by Gasteiger charge is -1.94. The first-order chi connectivity index (χ1) is 9.56. The zero-order valence-corrected chi connectivity index (χ0v) is 10.9. The minimum absolute atomic E-state index is 0.0761. The summed E-state index contributed by atoms with van der Waals surface area (Å²) in [6.45, 7) is 1.97. The summed E-state index contributed by atoms with van der Waals surface area (Å²) in [4.78, 5) is 21.5. The molecule has 1 heterocycles. The van der Waals surface area contributed by atoms with Crippen molar-refractivity contribution in [2.75, 3.05) is 6.54 Å². The Morgan fingerprint density at radius 2 is 2.15 bits per heavy atom. The first kappa shape index (κ1) is 13.7. The summed E-state index contributed by atoms with van der Waals surface area (Å²) in [5.41, 5.74) is 1.30. The third-order valence-corrected chi connectivity index (χ3v) is 2.58. The summed E-state index contributed by atoms with van der Waals surface area (Å²) in [5.74, 6) is 4.64. The van der Waals surface area contributed by atoms with Crippen LogP contribution in [0, 0.1) is 11.8 Å². The van der Waals surface area contributed by atoms with Gasteiger partial charge >= 0.3 is 5.97 Å². The highest BCUT2D eigenvalue weighted by Crippen LogP contribution is 2.20. The van der Waals surface area contributed by atoms with Gasteiger partial charge in [-0.1, -0.05) is 11.8 Å². The van der Waals surface area contributed by atoms with Crippen molar-refractivity contribution in [3.63, 3.8) is 0 Å². The largest absolute Gasteiger partial charge is 0.475 e. The predicted octanol–water partition coefficient (Wildman–Crippen LogP) is 2.01. The normalized spacial score (nSPS) is 9.85. The molecule has 2 rings (SSSR count). The van der Waals surface area contributed by atoms with Gasteiger partial charge in [-0.25, -0.2) is 4.79 Å². The van der Waals surface area contributed by atoms with Crippen molar-refractivity contribution in [1.82, 2.24) is 5.32 Å². The standard InChI is InChI=1S/C15H13NO4/c1-10(17)16-7-3-2-4-11-5-6-13-12(8-11)9-14(20-13)15(18)19/h5-6,8-9H,3,7H2,1H3,(H,16,17)(H,18,19). The number of furan rings is 1. The molecule has 102 valence electrons. The van der Waals surface area contributed by atoms with Gasteiger partial charge in [0.1, 0.15) is 5.58 Å². The van der Waals surface area contributed by atoms with Crippen LogP contribution in [-0.2, 0) is 4.79 Å². The molecule has 5 nitrogen and oxygen atoms in total. The fourth-order valence-corrected chi connectivity index (χ4v) is 1.69. The van der Waals surface area contributed by atoms with Gasteiger partial charge in [-0.2, -0.15) is 0 Å². The zero-order chi connectivity index (χ0) is 14.5. The molecule has 20 heavy (non-hydrogen) atoms. The van der Waals surface area contributed by atoms with Crippen LogP contribution in [-0.4, -0.2) is 23.5 Å². The molecule has 0 saturated carbocycles. The molecule has 2 aromatic rings. The Kier molecular flexibility index (Phi) is 4.06. The number of rotatable bonds is 3. The predicted molar refractivity (Wildman–Crippen MR) is 73.4 cm³/mol. The fraction of sp³-hybridized carbons (Fsp3) is 0.200. The number of carbonyl (C=O) groups is 2. The van der Waals surface area contributed by atoms with Crippen LogP contribution < -0.4 is 5.32 Å². The summed E-state index contributed by atoms with van der Waals surface area (Å²) < 4.78 is 5.16. The van der Waals surface area contributed by atoms with E-state index in [1.807, 2.05) is 0 Å². The fourth-order valence-electron chi connectivity index (χ4n) is 1.69. The number of carboxylic acids is 1. The minimum Gasteiger partial charge on any atom is -0.475 e. The second-order valence-electron chi connectivity index (χ2n) is 4.20. The molecular formula is C15H13NO4. The Hall–Kier alpha value is -2.74. The molecule has 5 heteroatoms. The van der Waals surface area contributed by atoms with Gasteiger partial charge in [0.2, 0.25) is 11.7 Å². The van der Waals surface area contributed by atoms with Crippen LogP contribution in [0.5, 0.6) is 0 Å². The second kappa shape index (κ2) is 5.93. The zero-order valence-electron chi connectivity index (χ0n) is 10.9. The Morgan fingerprint density at radius 1 is 1.35 bits per heavy atom. The number of fused-ring (bicyclic) bond motifs is 1. The average molecular weight is 271 g/mol. The second-order valence-corrected chi connectivity index (χ2v) is 4.20. The third-order valence-electron chi connectivity index (χ3n) is 2.58. The third kappa shape index (κ3) is 3.39. The molecule has 0 saturated heterocycles. The molecule has 0 spiro atoms. The van der Waals surface area contributed by atoms with Crippen molar-refractivity contribution < 1.29 is 19.1 Å². The Morgan fingerprint density at radius 3 is 2.85 bits per heavy atom. The molecule has 1 amide bonds. The lowest BCUT2D eigenvalue weighted by atomic mass is 10.1. The number of carbonyl (C=O) groups excluding carboxylic acids is 1. The molecule has 2 N–H and O–H groups in total. The smallest absolute Gasteiger partial charge is 0.371 e. The van der Waals surface area contributed by atoms with Crippen LogP contribution in [0.4, 0.5) is 0 Å². The first-order valence-corrected chi connectivity index (χ1v) is 6.06. The first-order valence-electron chi connectivity index (χ1n) is 6.06. The molecule has 0 unspecified atom stereocenters. The monoisotopic (exact) mass is 271 g/mol. The van der Waals surface area contributed by atoms with Gasteiger partial charge in [0.05, 0.1) is 0 Å². The molecule has 0 aliphatic rings. The van der Waals surface area contributed by atoms with Gasteiger partial charge in [0.25, 0.3) is 0 Å². The molecule has 0 fully saturated rings. The van der Waals surface area contributed by atoms with Crippen molar-refractivity contribution >= 4 is 22.8 Å². The quantitative estimate of drug-likeness (QED) is 0.661. The van der Waals surface area contributed by atoms with Crippen LogP contribution in [0.15, 0.2) is 28.7 Å². The van der Waals surface area contributed by atoms with E-state index in [1.165, 1.54) is 13.0 Å². The van der Waals surface area contributed by atoms with Crippen LogP contribution in [0.3, 0.4) is 0 Å². The average Bonchev–Trinajstić information content (AvgIpc) is 2.81. The molecule has 0 bridgehead atoms. The van der Waals surface area contributed by atoms with Gasteiger partial charge in [-0.3, -0.25) is 4.79 Å². The number of carboxylic acid groups (broad SMARTS) is 1. The molecular weight excluding hydrogens is 258 g/mol. The Labute approximate surface area is 115 Å². The van der Waals surface area contributed by atoms with E-state index in [0.717, 1.165) is 5.56 Å². The number of benzene rings is 1. The Balaban J connectivity index is 2.10. The van der Waals surface area contributed by atoms with Gasteiger partial charge in [0, 0.05) is 30.8 Å². The Bertz CT molecular complexity index is 718. The minimum atomic E-state index is -1.09. The van der Waals surface area contributed by atoms with Crippen LogP contribution in [0.2, 0.25) is 0 Å². The summed E-state index contributed by atoms with van der Waals surface area (Å²) in [6.07, 6.45) is 0.559. The van der Waals surface area contributed by atoms with E-state index in [4.69, 9.17) is 9.52 Å². The van der Waals surface area contributed by atoms with Crippen LogP contribution in [0.25, 0.3) is 11.0 Å². The number of hydrogen-bond acceptors (Lipinski definition) is 3. The van der Waals surface area contributed by atoms with Gasteiger partial charge in [-0.15, -0.1) is 0 Å². The van der Waals surface area contributed by atoms with Gasteiger partial charge in [0.15, 0.2) is 0 Å². The molecule has 0 radical (unpaired) electrons. The summed E-state index contributed by atoms with van der Waals surface area (Å²) >= 11 is 0. The van der Waals surface area contributed by atoms with Gasteiger partial charge < -0.3 is 14.8 Å². The van der Waals surface area contributed by atoms with Crippen molar-refractivity contribution in [2.24, 2.45) is 0 Å². The molecule has 0 aliphatic carbocycles. The molecule has 1 aromatic heterocycles. The SMILES string of the molecule is CC(=O)NCCC#Cc1ccc2oc(C(=O)O)cc2c1. The molecule has 0 atom stereocenters. The van der Waals surface area contributed by atoms with Gasteiger partial charge in [-0.05, 0) is 24.3 Å². The number of aromatic carboxylic acids is 1. The summed E-state index contributed by atoms with van der Waals surface area (Å²) in [7, 11) is 0. The number of amides is 1. The van der Waals surface area contributed by atoms with E-state index >= 15 is 0 Å². The lowest BCUT2D eigenvalue weighted by molar-refractivity contribution is -0.118. The van der Waals surface area contributed by atoms with E-state index in [1.54, 1.807) is 18.2 Å². The highest BCUT2D eigenvalue weighted by molar-refractivity contribution is 5.91. The maximum absolute atomic E-state index is 10.8. The molecule has 1 aromatic carbocycles. The number of nitrogens with one attached hydrogen (secondary N) is 1. The maximum atomic E-state index is 10.8. The topological polar surface area (TPSA) is 79.5 Å². The van der Waals surface area contributed by atoms with E-state index in [9.17, 15) is 9.59 Å². The van der Waals surface area contributed by atoms with E-state index in [2.05, 4.69) is 17.2 Å². The maximum Gasteiger partial charge on any atom is 0.371 e. The molecule has 0 aliphatic heterocycles. The van der Waals surface area contributed by atoms with Crippen molar-refractivity contribution in [3.05, 3.63) is 35.6 Å². The number of hydrogen-bond donors (Lipinski definition) is 2. The van der Waals surface area contributed by atoms with E-state index in [-0.39, 0.29) is 11.7 Å². The van der Waals surface area contributed by atoms with Crippen LogP contribution in [0.1, 0.15) is 29.5 Å². The summed E-state index contributed by atoms with van der Waals surface area (Å²) in [6, 6.07) is 6.71. The van der Waals surface area contributed by atoms with Crippen molar-refractivity contribution in [3.8, 4) is 11.8 Å². The van der Waals surface area contributed by atoms with Crippen molar-refractivity contribution in [2.45, 2.75) is 13.3 Å². The highest BCUT2D eigenvalue weighted by Gasteiger charge is 2.09. The summed E-state index contributed by atoms with van der Waals surface area (Å²) in [5, 5.41) is 12.2. The van der Waals surface area contributed by atoms with E-state index < -0.39 is 5.97 Å². The lowest BCUT2D eigenvalue weighted by Crippen LogP contribution is -2.20. The van der Waals surface area contributed by atoms with Crippen molar-refractivity contribution in [1.29, 1.82) is 0 Å². The van der Waals surface area contributed by atoms with E-state index in [0.29, 0.717) is 23.9 Å². The highest BCUT2D eigenvalue weighted by atomic mass is 16.4.